The van der Waals surface area contributed by atoms with Gasteiger partial charge in [0.15, 0.2) is 0 Å². The Hall–Kier alpha value is -4.69. The Bertz CT molecular complexity index is 2410. The summed E-state index contributed by atoms with van der Waals surface area (Å²) in [5, 5.41) is 2.56. The second-order valence-corrected chi connectivity index (χ2v) is 16.0. The van der Waals surface area contributed by atoms with Crippen molar-refractivity contribution in [2.45, 2.75) is 89.5 Å². The molecule has 2 aromatic rings. The molecule has 11 rings (SSSR count). The number of aromatic nitrogens is 1. The van der Waals surface area contributed by atoms with Crippen LogP contribution in [0.3, 0.4) is 0 Å². The molecule has 1 saturated carbocycles. The molecule has 0 spiro atoms. The minimum absolute atomic E-state index is 0.151. The zero-order valence-corrected chi connectivity index (χ0v) is 29.8. The fraction of sp³-hybridized carbons (Fsp3) is 0.327. The first-order valence-corrected chi connectivity index (χ1v) is 19.8. The number of para-hydroxylation sites is 1. The predicted molar refractivity (Wildman–Crippen MR) is 212 cm³/mol. The Morgan fingerprint density at radius 2 is 1.55 bits per heavy atom. The summed E-state index contributed by atoms with van der Waals surface area (Å²) in [6.45, 7) is 2.33. The maximum Gasteiger partial charge on any atom is 0.0937 e. The van der Waals surface area contributed by atoms with Crippen molar-refractivity contribution in [3.05, 3.63) is 164 Å². The van der Waals surface area contributed by atoms with Crippen LogP contribution in [0, 0.1) is 11.8 Å². The van der Waals surface area contributed by atoms with Crippen LogP contribution in [0.1, 0.15) is 105 Å². The molecule has 2 heterocycles. The van der Waals surface area contributed by atoms with Gasteiger partial charge in [-0.25, -0.2) is 0 Å². The Balaban J connectivity index is 1.05. The standard InChI is InChI=1S/C49H46N2/c1-30-35-21-12-22-36(31-14-4-2-5-15-31)48(35)50-47(30)33-28-26-32(27-29-33)43-37-23-13-24-39(37)44-38-18-8-9-19-40(38)45-41-20-10-11-25-42(41)51(49(45)46(43)44)34-16-6-3-7-17-34/h2,4,6,8,11-12,14,16-18,21-26,28,43-44,46-47H,3,5,7,9-10,13,15,19-20,27,29H2,1H3. The number of rotatable bonds is 4. The monoisotopic (exact) mass is 662 g/mol. The third-order valence-corrected chi connectivity index (χ3v) is 13.4. The summed E-state index contributed by atoms with van der Waals surface area (Å²) < 4.78 is 2.75. The molecule has 1 aromatic carbocycles. The lowest BCUT2D eigenvalue weighted by molar-refractivity contribution is 0.489. The van der Waals surface area contributed by atoms with Crippen molar-refractivity contribution >= 4 is 28.5 Å². The van der Waals surface area contributed by atoms with Crippen molar-refractivity contribution in [3.63, 3.8) is 0 Å². The first kappa shape index (κ1) is 30.0. The third kappa shape index (κ3) is 4.38. The van der Waals surface area contributed by atoms with Crippen LogP contribution in [0.5, 0.6) is 0 Å². The highest BCUT2D eigenvalue weighted by atomic mass is 15.0. The number of hydrogen-bond acceptors (Lipinski definition) is 1. The van der Waals surface area contributed by atoms with E-state index >= 15 is 0 Å². The van der Waals surface area contributed by atoms with Gasteiger partial charge in [0.2, 0.25) is 0 Å². The summed E-state index contributed by atoms with van der Waals surface area (Å²) in [6.07, 6.45) is 46.6. The minimum atomic E-state index is 0.151. The molecule has 1 aliphatic heterocycles. The van der Waals surface area contributed by atoms with E-state index in [1.54, 1.807) is 44.7 Å². The summed E-state index contributed by atoms with van der Waals surface area (Å²) in [4.78, 5) is 5.49. The highest BCUT2D eigenvalue weighted by molar-refractivity contribution is 5.87. The average Bonchev–Trinajstić information content (AvgIpc) is 3.96. The van der Waals surface area contributed by atoms with Gasteiger partial charge in [-0.3, -0.25) is 4.99 Å². The predicted octanol–water partition coefficient (Wildman–Crippen LogP) is 10.6. The van der Waals surface area contributed by atoms with Crippen LogP contribution in [0.2, 0.25) is 0 Å². The zero-order valence-electron chi connectivity index (χ0n) is 29.8. The number of allylic oxidation sites excluding steroid dienone is 20. The highest BCUT2D eigenvalue weighted by Crippen LogP contribution is 2.65. The van der Waals surface area contributed by atoms with Gasteiger partial charge in [0, 0.05) is 51.2 Å². The molecule has 9 aliphatic rings. The molecule has 4 unspecified atom stereocenters. The van der Waals surface area contributed by atoms with E-state index in [1.807, 2.05) is 0 Å². The van der Waals surface area contributed by atoms with E-state index in [1.165, 1.54) is 50.7 Å². The van der Waals surface area contributed by atoms with Crippen molar-refractivity contribution in [3.8, 4) is 0 Å². The molecule has 2 nitrogen and oxygen atoms in total. The van der Waals surface area contributed by atoms with E-state index in [4.69, 9.17) is 4.99 Å². The lowest BCUT2D eigenvalue weighted by Crippen LogP contribution is -2.26. The molecule has 0 radical (unpaired) electrons. The number of nitrogens with zero attached hydrogens (tertiary/aromatic N) is 2. The molecule has 1 aromatic heterocycles. The maximum atomic E-state index is 5.49. The van der Waals surface area contributed by atoms with Crippen LogP contribution in [-0.4, -0.2) is 10.6 Å². The second-order valence-electron chi connectivity index (χ2n) is 16.0. The molecule has 4 atom stereocenters. The van der Waals surface area contributed by atoms with Gasteiger partial charge in [0.25, 0.3) is 0 Å². The molecule has 1 fully saturated rings. The average molecular weight is 663 g/mol. The first-order chi connectivity index (χ1) is 25.3. The van der Waals surface area contributed by atoms with Crippen LogP contribution in [0.15, 0.2) is 130 Å². The Morgan fingerprint density at radius 3 is 2.39 bits per heavy atom. The topological polar surface area (TPSA) is 17.3 Å². The fourth-order valence-corrected chi connectivity index (χ4v) is 11.3. The molecule has 252 valence electrons. The summed E-state index contributed by atoms with van der Waals surface area (Å²) in [6, 6.07) is 6.97. The minimum Gasteiger partial charge on any atom is -0.313 e. The Morgan fingerprint density at radius 1 is 0.725 bits per heavy atom. The SMILES string of the molecule is CC1=c2cccc(C3=CC=CCC3)c2=NC1C1=CC=C(C2C3=CCC=C3C3C4=C(CCC=C4)c4c5c(n(C6=CCCC=C6)c4C23)C=CCC5)CC1. The van der Waals surface area contributed by atoms with Gasteiger partial charge in [0.05, 0.1) is 11.4 Å². The van der Waals surface area contributed by atoms with Gasteiger partial charge in [0.1, 0.15) is 0 Å². The quantitative estimate of drug-likeness (QED) is 0.310. The van der Waals surface area contributed by atoms with Gasteiger partial charge in [-0.1, -0.05) is 96.7 Å². The van der Waals surface area contributed by atoms with Crippen LogP contribution < -0.4 is 10.6 Å². The molecule has 51 heavy (non-hydrogen) atoms. The van der Waals surface area contributed by atoms with Gasteiger partial charge in [-0.15, -0.1) is 0 Å². The molecule has 8 aliphatic carbocycles. The molecule has 2 heteroatoms. The van der Waals surface area contributed by atoms with Gasteiger partial charge < -0.3 is 4.57 Å². The first-order valence-electron chi connectivity index (χ1n) is 19.8. The van der Waals surface area contributed by atoms with E-state index < -0.39 is 0 Å². The number of hydrogen-bond donors (Lipinski definition) is 0. The summed E-state index contributed by atoms with van der Waals surface area (Å²) in [5.41, 5.74) is 21.5. The van der Waals surface area contributed by atoms with Crippen LogP contribution in [-0.2, 0) is 6.42 Å². The highest BCUT2D eigenvalue weighted by Gasteiger charge is 2.53. The van der Waals surface area contributed by atoms with Crippen LogP contribution >= 0.6 is 0 Å². The molecule has 0 amide bonds. The van der Waals surface area contributed by atoms with Crippen LogP contribution in [0.4, 0.5) is 0 Å². The van der Waals surface area contributed by atoms with Crippen molar-refractivity contribution in [2.24, 2.45) is 16.8 Å². The summed E-state index contributed by atoms with van der Waals surface area (Å²) in [7, 11) is 0. The van der Waals surface area contributed by atoms with Crippen molar-refractivity contribution < 1.29 is 0 Å². The van der Waals surface area contributed by atoms with Crippen molar-refractivity contribution in [1.82, 2.24) is 4.57 Å². The van der Waals surface area contributed by atoms with E-state index in [0.717, 1.165) is 64.2 Å². The van der Waals surface area contributed by atoms with E-state index in [9.17, 15) is 0 Å². The van der Waals surface area contributed by atoms with Crippen molar-refractivity contribution in [1.29, 1.82) is 0 Å². The summed E-state index contributed by atoms with van der Waals surface area (Å²) in [5.74, 6) is 1.28. The number of fused-ring (bicyclic) bond motifs is 10. The number of benzene rings is 1. The van der Waals surface area contributed by atoms with Gasteiger partial charge >= 0.3 is 0 Å². The summed E-state index contributed by atoms with van der Waals surface area (Å²) >= 11 is 0. The second kappa shape index (κ2) is 11.7. The normalized spacial score (nSPS) is 28.1. The lowest BCUT2D eigenvalue weighted by atomic mass is 9.67. The van der Waals surface area contributed by atoms with E-state index in [2.05, 4.69) is 115 Å². The van der Waals surface area contributed by atoms with E-state index in [0.29, 0.717) is 17.8 Å². The Kier molecular flexibility index (Phi) is 6.86. The van der Waals surface area contributed by atoms with Gasteiger partial charge in [-0.05, 0) is 134 Å². The van der Waals surface area contributed by atoms with E-state index in [-0.39, 0.29) is 6.04 Å². The molecule has 0 N–H and O–H groups in total. The molecular formula is C49H46N2. The third-order valence-electron chi connectivity index (χ3n) is 13.4. The fourth-order valence-electron chi connectivity index (χ4n) is 11.3. The van der Waals surface area contributed by atoms with Crippen molar-refractivity contribution in [2.75, 3.05) is 0 Å². The van der Waals surface area contributed by atoms with Crippen LogP contribution in [0.25, 0.3) is 28.5 Å². The molecule has 0 bridgehead atoms. The smallest absolute Gasteiger partial charge is 0.0937 e. The molecular weight excluding hydrogens is 617 g/mol. The molecule has 0 saturated heterocycles. The Labute approximate surface area is 302 Å². The zero-order chi connectivity index (χ0) is 33.6. The maximum absolute atomic E-state index is 5.49. The van der Waals surface area contributed by atoms with Gasteiger partial charge in [-0.2, -0.15) is 0 Å². The largest absolute Gasteiger partial charge is 0.313 e. The lowest BCUT2D eigenvalue weighted by Gasteiger charge is -2.37.